The molecule has 3 aliphatic rings. The Bertz CT molecular complexity index is 1240. The van der Waals surface area contributed by atoms with Crippen LogP contribution < -0.4 is 10.1 Å². The number of hydrogen-bond acceptors (Lipinski definition) is 10. The molecule has 1 unspecified atom stereocenters. The predicted octanol–water partition coefficient (Wildman–Crippen LogP) is 0.681. The molecular weight excluding hydrogens is 486 g/mol. The number of carbonyl (C=O) groups excluding carboxylic acids is 3. The number of nitrogens with zero attached hydrogens (tertiary/aromatic N) is 2. The third-order valence-electron chi connectivity index (χ3n) is 6.99. The predicted molar refractivity (Wildman–Crippen MR) is 126 cm³/mol. The van der Waals surface area contributed by atoms with Gasteiger partial charge in [-0.1, -0.05) is 6.07 Å². The first-order chi connectivity index (χ1) is 17.8. The van der Waals surface area contributed by atoms with E-state index in [4.69, 9.17) is 9.47 Å². The van der Waals surface area contributed by atoms with Crippen molar-refractivity contribution in [1.82, 2.24) is 15.1 Å². The van der Waals surface area contributed by atoms with Gasteiger partial charge in [-0.2, -0.15) is 0 Å². The first-order valence-electron chi connectivity index (χ1n) is 11.9. The van der Waals surface area contributed by atoms with Gasteiger partial charge in [0, 0.05) is 37.2 Å². The normalized spacial score (nSPS) is 20.2. The van der Waals surface area contributed by atoms with Crippen molar-refractivity contribution in [2.75, 3.05) is 26.3 Å². The Balaban J connectivity index is 1.35. The molecule has 3 amide bonds. The summed E-state index contributed by atoms with van der Waals surface area (Å²) in [6.45, 7) is 1.89. The van der Waals surface area contributed by atoms with Crippen LogP contribution in [0.4, 0.5) is 0 Å². The number of amides is 3. The second kappa shape index (κ2) is 9.79. The molecule has 12 nitrogen and oxygen atoms in total. The lowest BCUT2D eigenvalue weighted by Gasteiger charge is -2.29. The van der Waals surface area contributed by atoms with Crippen molar-refractivity contribution in [1.29, 1.82) is 0 Å². The standard InChI is InChI=1S/C25H27N3O9/c29-19-5-4-17(24(34)26-19)28-11-14-13(25(28)35)2-1-3-18(14)37-12-16-22(32)20(30)15(21(31)23(16)33)10-27-6-8-36-9-7-27/h1-3,17,30-33H,4-12H2,(H,26,29,34). The van der Waals surface area contributed by atoms with Gasteiger partial charge in [-0.05, 0) is 18.6 Å². The lowest BCUT2D eigenvalue weighted by atomic mass is 10.0. The van der Waals surface area contributed by atoms with Crippen molar-refractivity contribution in [2.45, 2.75) is 38.6 Å². The molecule has 5 N–H and O–H groups in total. The maximum Gasteiger partial charge on any atom is 0.255 e. The van der Waals surface area contributed by atoms with Crippen molar-refractivity contribution in [3.8, 4) is 28.7 Å². The van der Waals surface area contributed by atoms with Gasteiger partial charge < -0.3 is 34.8 Å². The Morgan fingerprint density at radius 1 is 0.973 bits per heavy atom. The molecule has 0 radical (unpaired) electrons. The molecule has 2 saturated heterocycles. The number of ether oxygens (including phenoxy) is 2. The number of nitrogens with one attached hydrogen (secondary N) is 1. The van der Waals surface area contributed by atoms with Gasteiger partial charge in [-0.25, -0.2) is 0 Å². The molecule has 0 aliphatic carbocycles. The fourth-order valence-corrected chi connectivity index (χ4v) is 4.91. The second-order valence-electron chi connectivity index (χ2n) is 9.21. The second-order valence-corrected chi connectivity index (χ2v) is 9.21. The number of hydrogen-bond donors (Lipinski definition) is 5. The first kappa shape index (κ1) is 24.7. The van der Waals surface area contributed by atoms with Crippen LogP contribution in [0, 0.1) is 0 Å². The minimum absolute atomic E-state index is 0.00766. The van der Waals surface area contributed by atoms with E-state index in [1.54, 1.807) is 18.2 Å². The maximum atomic E-state index is 13.0. The third-order valence-corrected chi connectivity index (χ3v) is 6.99. The highest BCUT2D eigenvalue weighted by molar-refractivity contribution is 6.05. The van der Waals surface area contributed by atoms with Gasteiger partial charge in [0.25, 0.3) is 5.91 Å². The number of phenolic OH excluding ortho intramolecular Hbond substituents is 4. The molecule has 2 aromatic carbocycles. The van der Waals surface area contributed by atoms with Gasteiger partial charge in [-0.3, -0.25) is 24.6 Å². The maximum absolute atomic E-state index is 13.0. The highest BCUT2D eigenvalue weighted by Gasteiger charge is 2.40. The summed E-state index contributed by atoms with van der Waals surface area (Å²) in [5.74, 6) is -3.36. The highest BCUT2D eigenvalue weighted by Crippen LogP contribution is 2.47. The molecule has 2 aromatic rings. The van der Waals surface area contributed by atoms with E-state index in [9.17, 15) is 34.8 Å². The average Bonchev–Trinajstić information content (AvgIpc) is 3.23. The summed E-state index contributed by atoms with van der Waals surface area (Å²) in [7, 11) is 0. The number of imide groups is 1. The number of benzene rings is 2. The molecule has 0 bridgehead atoms. The van der Waals surface area contributed by atoms with Crippen LogP contribution in [-0.4, -0.2) is 80.3 Å². The Kier molecular flexibility index (Phi) is 6.52. The van der Waals surface area contributed by atoms with Gasteiger partial charge >= 0.3 is 0 Å². The lowest BCUT2D eigenvalue weighted by Crippen LogP contribution is -2.52. The van der Waals surface area contributed by atoms with Crippen LogP contribution in [0.5, 0.6) is 28.7 Å². The van der Waals surface area contributed by atoms with E-state index < -0.39 is 41.6 Å². The van der Waals surface area contributed by atoms with Crippen LogP contribution >= 0.6 is 0 Å². The molecule has 0 spiro atoms. The lowest BCUT2D eigenvalue weighted by molar-refractivity contribution is -0.136. The number of aromatic hydroxyl groups is 4. The van der Waals surface area contributed by atoms with Crippen LogP contribution in [0.1, 0.15) is 39.9 Å². The number of rotatable bonds is 6. The van der Waals surface area contributed by atoms with E-state index in [2.05, 4.69) is 5.32 Å². The van der Waals surface area contributed by atoms with Crippen molar-refractivity contribution in [3.05, 3.63) is 40.5 Å². The quantitative estimate of drug-likeness (QED) is 0.210. The van der Waals surface area contributed by atoms with Crippen LogP contribution in [0.2, 0.25) is 0 Å². The summed E-state index contributed by atoms with van der Waals surface area (Å²) in [6, 6.07) is 4.01. The molecule has 12 heteroatoms. The molecule has 3 aliphatic heterocycles. The van der Waals surface area contributed by atoms with Crippen LogP contribution in [0.25, 0.3) is 0 Å². The van der Waals surface area contributed by atoms with Gasteiger partial charge in [0.15, 0.2) is 23.0 Å². The van der Waals surface area contributed by atoms with Gasteiger partial charge in [0.05, 0.1) is 30.9 Å². The smallest absolute Gasteiger partial charge is 0.255 e. The Morgan fingerprint density at radius 3 is 2.32 bits per heavy atom. The highest BCUT2D eigenvalue weighted by atomic mass is 16.5. The van der Waals surface area contributed by atoms with E-state index in [0.29, 0.717) is 37.4 Å². The zero-order chi connectivity index (χ0) is 26.3. The molecule has 0 saturated carbocycles. The van der Waals surface area contributed by atoms with Crippen molar-refractivity contribution in [2.24, 2.45) is 0 Å². The van der Waals surface area contributed by atoms with Gasteiger partial charge in [-0.15, -0.1) is 0 Å². The SMILES string of the molecule is O=C1CCC(N2Cc3c(OCc4c(O)c(O)c(CN5CCOCC5)c(O)c4O)cccc3C2=O)C(=O)N1. The van der Waals surface area contributed by atoms with E-state index in [0.717, 1.165) is 0 Å². The Hall–Kier alpha value is -4.03. The molecule has 37 heavy (non-hydrogen) atoms. The molecule has 2 fully saturated rings. The average molecular weight is 514 g/mol. The fraction of sp³-hybridized carbons (Fsp3) is 0.400. The zero-order valence-corrected chi connectivity index (χ0v) is 19.9. The number of morpholine rings is 1. The van der Waals surface area contributed by atoms with Crippen molar-refractivity contribution in [3.63, 3.8) is 0 Å². The summed E-state index contributed by atoms with van der Waals surface area (Å²) in [5.41, 5.74) is 0.618. The number of carbonyl (C=O) groups is 3. The molecule has 3 heterocycles. The topological polar surface area (TPSA) is 169 Å². The summed E-state index contributed by atoms with van der Waals surface area (Å²) in [6.07, 6.45) is 0.352. The largest absolute Gasteiger partial charge is 0.504 e. The minimum Gasteiger partial charge on any atom is -0.504 e. The van der Waals surface area contributed by atoms with E-state index in [1.165, 1.54) is 4.90 Å². The monoisotopic (exact) mass is 513 g/mol. The summed E-state index contributed by atoms with van der Waals surface area (Å²) in [5, 5.41) is 44.6. The van der Waals surface area contributed by atoms with Crippen LogP contribution in [-0.2, 0) is 34.0 Å². The molecule has 5 rings (SSSR count). The first-order valence-corrected chi connectivity index (χ1v) is 11.9. The van der Waals surface area contributed by atoms with Crippen molar-refractivity contribution < 1.29 is 44.3 Å². The Morgan fingerprint density at radius 2 is 1.65 bits per heavy atom. The van der Waals surface area contributed by atoms with E-state index >= 15 is 0 Å². The minimum atomic E-state index is -0.786. The number of piperidine rings is 1. The molecule has 196 valence electrons. The van der Waals surface area contributed by atoms with Crippen molar-refractivity contribution >= 4 is 17.7 Å². The zero-order valence-electron chi connectivity index (χ0n) is 19.9. The van der Waals surface area contributed by atoms with E-state index in [-0.39, 0.29) is 54.6 Å². The fourth-order valence-electron chi connectivity index (χ4n) is 4.91. The summed E-state index contributed by atoms with van der Waals surface area (Å²) >= 11 is 0. The van der Waals surface area contributed by atoms with Crippen LogP contribution in [0.15, 0.2) is 18.2 Å². The number of phenols is 4. The van der Waals surface area contributed by atoms with Gasteiger partial charge in [0.2, 0.25) is 11.8 Å². The molecule has 0 aromatic heterocycles. The van der Waals surface area contributed by atoms with Gasteiger partial charge in [0.1, 0.15) is 18.4 Å². The summed E-state index contributed by atoms with van der Waals surface area (Å²) in [4.78, 5) is 40.1. The molecular formula is C25H27N3O9. The third kappa shape index (κ3) is 4.49. The number of fused-ring (bicyclic) bond motifs is 1. The molecule has 1 atom stereocenters. The van der Waals surface area contributed by atoms with Crippen LogP contribution in [0.3, 0.4) is 0 Å². The van der Waals surface area contributed by atoms with E-state index in [1.807, 2.05) is 4.90 Å². The Labute approximate surface area is 211 Å². The summed E-state index contributed by atoms with van der Waals surface area (Å²) < 4.78 is 11.1.